The van der Waals surface area contributed by atoms with Gasteiger partial charge in [0.2, 0.25) is 0 Å². The van der Waals surface area contributed by atoms with Gasteiger partial charge in [-0.1, -0.05) is 19.4 Å². The minimum Gasteiger partial charge on any atom is -0.492 e. The second kappa shape index (κ2) is 8.93. The molecule has 1 aromatic rings. The van der Waals surface area contributed by atoms with Gasteiger partial charge in [-0.15, -0.1) is 0 Å². The Morgan fingerprint density at radius 2 is 1.95 bits per heavy atom. The molecule has 0 saturated carbocycles. The molecule has 21 heavy (non-hydrogen) atoms. The van der Waals surface area contributed by atoms with E-state index in [0.29, 0.717) is 0 Å². The van der Waals surface area contributed by atoms with E-state index in [4.69, 9.17) is 4.74 Å². The molecule has 3 heteroatoms. The normalized spacial score (nSPS) is 15.2. The number of nitrogens with one attached hydrogen (secondary N) is 1. The smallest absolute Gasteiger partial charge is 0.142 e. The molecule has 1 N–H and O–H groups in total. The molecular formula is C18H30N2O. The summed E-state index contributed by atoms with van der Waals surface area (Å²) >= 11 is 0. The van der Waals surface area contributed by atoms with Crippen LogP contribution in [0.3, 0.4) is 0 Å². The van der Waals surface area contributed by atoms with Gasteiger partial charge in [-0.25, -0.2) is 0 Å². The molecule has 3 nitrogen and oxygen atoms in total. The lowest BCUT2D eigenvalue weighted by Crippen LogP contribution is -2.29. The fourth-order valence-corrected chi connectivity index (χ4v) is 2.87. The van der Waals surface area contributed by atoms with Gasteiger partial charge in [0, 0.05) is 19.6 Å². The second-order valence-corrected chi connectivity index (χ2v) is 5.81. The molecule has 0 unspecified atom stereocenters. The van der Waals surface area contributed by atoms with Crippen LogP contribution in [0.25, 0.3) is 0 Å². The van der Waals surface area contributed by atoms with Crippen LogP contribution in [-0.2, 0) is 6.54 Å². The van der Waals surface area contributed by atoms with E-state index in [1.165, 1.54) is 43.4 Å². The van der Waals surface area contributed by atoms with Gasteiger partial charge in [0.25, 0.3) is 0 Å². The van der Waals surface area contributed by atoms with Gasteiger partial charge in [-0.3, -0.25) is 0 Å². The Hall–Kier alpha value is -1.22. The lowest BCUT2D eigenvalue weighted by molar-refractivity contribution is 0.339. The fourth-order valence-electron chi connectivity index (χ4n) is 2.87. The maximum atomic E-state index is 5.89. The monoisotopic (exact) mass is 290 g/mol. The molecule has 0 atom stereocenters. The quantitative estimate of drug-likeness (QED) is 0.733. The van der Waals surface area contributed by atoms with Crippen LogP contribution in [0.1, 0.15) is 51.5 Å². The first-order chi connectivity index (χ1) is 10.3. The molecule has 0 spiro atoms. The van der Waals surface area contributed by atoms with E-state index >= 15 is 0 Å². The van der Waals surface area contributed by atoms with Crippen molar-refractivity contribution >= 4 is 5.69 Å². The van der Waals surface area contributed by atoms with Crippen LogP contribution < -0.4 is 15.0 Å². The molecule has 0 bridgehead atoms. The Morgan fingerprint density at radius 3 is 2.67 bits per heavy atom. The van der Waals surface area contributed by atoms with Crippen molar-refractivity contribution in [3.8, 4) is 5.75 Å². The van der Waals surface area contributed by atoms with Crippen LogP contribution in [0.5, 0.6) is 5.75 Å². The average Bonchev–Trinajstić information content (AvgIpc) is 2.53. The molecule has 1 heterocycles. The van der Waals surface area contributed by atoms with E-state index in [-0.39, 0.29) is 0 Å². The predicted molar refractivity (Wildman–Crippen MR) is 90.3 cm³/mol. The number of unbranched alkanes of at least 4 members (excludes halogenated alkanes) is 1. The van der Waals surface area contributed by atoms with Crippen molar-refractivity contribution in [3.05, 3.63) is 23.8 Å². The number of hydrogen-bond donors (Lipinski definition) is 1. The fraction of sp³-hybridized carbons (Fsp3) is 0.667. The van der Waals surface area contributed by atoms with E-state index in [9.17, 15) is 0 Å². The molecule has 1 aromatic carbocycles. The third-order valence-corrected chi connectivity index (χ3v) is 4.06. The first-order valence-corrected chi connectivity index (χ1v) is 8.56. The topological polar surface area (TPSA) is 24.5 Å². The lowest BCUT2D eigenvalue weighted by Gasteiger charge is -2.30. The van der Waals surface area contributed by atoms with Crippen LogP contribution in [0.2, 0.25) is 0 Å². The van der Waals surface area contributed by atoms with E-state index in [0.717, 1.165) is 38.5 Å². The maximum absolute atomic E-state index is 5.89. The number of ether oxygens (including phenoxy) is 1. The van der Waals surface area contributed by atoms with Gasteiger partial charge in [0.1, 0.15) is 5.75 Å². The van der Waals surface area contributed by atoms with Gasteiger partial charge in [-0.2, -0.15) is 0 Å². The molecule has 1 aliphatic heterocycles. The van der Waals surface area contributed by atoms with Crippen molar-refractivity contribution in [3.63, 3.8) is 0 Å². The van der Waals surface area contributed by atoms with E-state index < -0.39 is 0 Å². The van der Waals surface area contributed by atoms with Crippen molar-refractivity contribution in [1.82, 2.24) is 5.32 Å². The van der Waals surface area contributed by atoms with Crippen LogP contribution in [0.15, 0.2) is 18.2 Å². The Balaban J connectivity index is 2.03. The molecule has 1 fully saturated rings. The van der Waals surface area contributed by atoms with Gasteiger partial charge in [0.15, 0.2) is 0 Å². The van der Waals surface area contributed by atoms with Crippen molar-refractivity contribution in [2.45, 2.75) is 52.5 Å². The lowest BCUT2D eigenvalue weighted by atomic mass is 10.1. The van der Waals surface area contributed by atoms with Gasteiger partial charge in [0.05, 0.1) is 12.3 Å². The summed E-state index contributed by atoms with van der Waals surface area (Å²) in [5, 5.41) is 3.50. The first kappa shape index (κ1) is 16.2. The van der Waals surface area contributed by atoms with Gasteiger partial charge >= 0.3 is 0 Å². The minimum atomic E-state index is 0.730. The summed E-state index contributed by atoms with van der Waals surface area (Å²) in [6, 6.07) is 6.70. The molecule has 118 valence electrons. The summed E-state index contributed by atoms with van der Waals surface area (Å²) < 4.78 is 5.89. The molecule has 2 rings (SSSR count). The molecule has 0 aliphatic carbocycles. The van der Waals surface area contributed by atoms with Gasteiger partial charge < -0.3 is 15.0 Å². The molecule has 0 amide bonds. The Kier molecular flexibility index (Phi) is 6.87. The number of benzene rings is 1. The SMILES string of the molecule is CCCCNCc1ccc(N2CCCCC2)c(OCC)c1. The zero-order valence-electron chi connectivity index (χ0n) is 13.7. The van der Waals surface area contributed by atoms with E-state index in [1.54, 1.807) is 0 Å². The van der Waals surface area contributed by atoms with Crippen LogP contribution in [0.4, 0.5) is 5.69 Å². The van der Waals surface area contributed by atoms with Crippen LogP contribution in [0, 0.1) is 0 Å². The highest BCUT2D eigenvalue weighted by Crippen LogP contribution is 2.31. The van der Waals surface area contributed by atoms with Crippen molar-refractivity contribution in [2.24, 2.45) is 0 Å². The van der Waals surface area contributed by atoms with Crippen molar-refractivity contribution < 1.29 is 4.74 Å². The number of nitrogens with zero attached hydrogens (tertiary/aromatic N) is 1. The number of piperidine rings is 1. The van der Waals surface area contributed by atoms with Crippen LogP contribution in [-0.4, -0.2) is 26.2 Å². The highest BCUT2D eigenvalue weighted by molar-refractivity contribution is 5.60. The van der Waals surface area contributed by atoms with Crippen LogP contribution >= 0.6 is 0 Å². The zero-order valence-corrected chi connectivity index (χ0v) is 13.7. The molecule has 1 aliphatic rings. The summed E-state index contributed by atoms with van der Waals surface area (Å²) in [4.78, 5) is 2.47. The Labute approximate surface area is 129 Å². The molecule has 0 aromatic heterocycles. The molecular weight excluding hydrogens is 260 g/mol. The standard InChI is InChI=1S/C18H30N2O/c1-3-5-11-19-15-16-9-10-17(18(14-16)21-4-2)20-12-7-6-8-13-20/h9-10,14,19H,3-8,11-13,15H2,1-2H3. The van der Waals surface area contributed by atoms with Crippen molar-refractivity contribution in [2.75, 3.05) is 31.1 Å². The highest BCUT2D eigenvalue weighted by atomic mass is 16.5. The first-order valence-electron chi connectivity index (χ1n) is 8.56. The second-order valence-electron chi connectivity index (χ2n) is 5.81. The van der Waals surface area contributed by atoms with Crippen molar-refractivity contribution in [1.29, 1.82) is 0 Å². The Bertz CT molecular complexity index is 414. The summed E-state index contributed by atoms with van der Waals surface area (Å²) in [5.41, 5.74) is 2.59. The maximum Gasteiger partial charge on any atom is 0.142 e. The summed E-state index contributed by atoms with van der Waals surface area (Å²) in [6.07, 6.45) is 6.44. The molecule has 0 radical (unpaired) electrons. The summed E-state index contributed by atoms with van der Waals surface area (Å²) in [5.74, 6) is 1.05. The van der Waals surface area contributed by atoms with Gasteiger partial charge in [-0.05, 0) is 56.8 Å². The largest absolute Gasteiger partial charge is 0.492 e. The Morgan fingerprint density at radius 1 is 1.14 bits per heavy atom. The average molecular weight is 290 g/mol. The summed E-state index contributed by atoms with van der Waals surface area (Å²) in [7, 11) is 0. The predicted octanol–water partition coefficient (Wildman–Crippen LogP) is 3.97. The zero-order chi connectivity index (χ0) is 14.9. The number of anilines is 1. The minimum absolute atomic E-state index is 0.730. The highest BCUT2D eigenvalue weighted by Gasteiger charge is 2.15. The van der Waals surface area contributed by atoms with E-state index in [1.807, 2.05) is 0 Å². The number of rotatable bonds is 8. The third-order valence-electron chi connectivity index (χ3n) is 4.06. The van der Waals surface area contributed by atoms with E-state index in [2.05, 4.69) is 42.3 Å². The third kappa shape index (κ3) is 4.92. The summed E-state index contributed by atoms with van der Waals surface area (Å²) in [6.45, 7) is 9.36. The molecule has 1 saturated heterocycles. The number of hydrogen-bond acceptors (Lipinski definition) is 3.